The summed E-state index contributed by atoms with van der Waals surface area (Å²) >= 11 is 1.49. The van der Waals surface area contributed by atoms with Crippen LogP contribution in [0.5, 0.6) is 5.75 Å². The Bertz CT molecular complexity index is 587. The van der Waals surface area contributed by atoms with Gasteiger partial charge in [-0.05, 0) is 36.4 Å². The average molecular weight is 317 g/mol. The Hall–Kier alpha value is -1.85. The molecule has 2 rings (SSSR count). The molecule has 1 atom stereocenters. The summed E-state index contributed by atoms with van der Waals surface area (Å²) < 4.78 is 5.53. The zero-order chi connectivity index (χ0) is 15.8. The standard InChI is InChI=1S/C17H19NO3S/c1-2-16(20)13-6-8-15(9-7-13)21-11-14(19)12-22-17-5-3-4-10-18-17/h3-10,14,19H,2,11-12H2,1H3. The van der Waals surface area contributed by atoms with E-state index in [0.29, 0.717) is 23.5 Å². The fourth-order valence-electron chi connectivity index (χ4n) is 1.80. The Balaban J connectivity index is 1.76. The molecule has 1 aromatic heterocycles. The van der Waals surface area contributed by atoms with E-state index in [1.807, 2.05) is 25.1 Å². The van der Waals surface area contributed by atoms with E-state index in [1.54, 1.807) is 30.5 Å². The first-order valence-electron chi connectivity index (χ1n) is 7.17. The van der Waals surface area contributed by atoms with Crippen molar-refractivity contribution < 1.29 is 14.6 Å². The number of aliphatic hydroxyl groups is 1. The predicted octanol–water partition coefficient (Wildman–Crippen LogP) is 3.21. The Morgan fingerprint density at radius 1 is 1.27 bits per heavy atom. The number of thioether (sulfide) groups is 1. The fourth-order valence-corrected chi connectivity index (χ4v) is 2.57. The second kappa shape index (κ2) is 8.56. The van der Waals surface area contributed by atoms with Gasteiger partial charge in [-0.3, -0.25) is 4.79 Å². The third-order valence-corrected chi connectivity index (χ3v) is 4.09. The topological polar surface area (TPSA) is 59.4 Å². The van der Waals surface area contributed by atoms with Gasteiger partial charge >= 0.3 is 0 Å². The molecule has 0 saturated carbocycles. The van der Waals surface area contributed by atoms with Crippen LogP contribution in [0.3, 0.4) is 0 Å². The van der Waals surface area contributed by atoms with Gasteiger partial charge in [-0.1, -0.05) is 13.0 Å². The van der Waals surface area contributed by atoms with Crippen molar-refractivity contribution in [3.05, 3.63) is 54.2 Å². The molecule has 1 aromatic carbocycles. The van der Waals surface area contributed by atoms with Gasteiger partial charge < -0.3 is 9.84 Å². The lowest BCUT2D eigenvalue weighted by atomic mass is 10.1. The summed E-state index contributed by atoms with van der Waals surface area (Å²) in [5.41, 5.74) is 0.682. The van der Waals surface area contributed by atoms with Crippen LogP contribution < -0.4 is 4.74 Å². The number of aliphatic hydroxyl groups excluding tert-OH is 1. The summed E-state index contributed by atoms with van der Waals surface area (Å²) in [7, 11) is 0. The largest absolute Gasteiger partial charge is 0.491 e. The number of hydrogen-bond acceptors (Lipinski definition) is 5. The summed E-state index contributed by atoms with van der Waals surface area (Å²) in [5, 5.41) is 10.8. The van der Waals surface area contributed by atoms with Crippen molar-refractivity contribution in [1.82, 2.24) is 4.98 Å². The average Bonchev–Trinajstić information content (AvgIpc) is 2.58. The minimum Gasteiger partial charge on any atom is -0.491 e. The van der Waals surface area contributed by atoms with Gasteiger partial charge in [0, 0.05) is 23.9 Å². The molecule has 1 unspecified atom stereocenters. The zero-order valence-electron chi connectivity index (χ0n) is 12.4. The van der Waals surface area contributed by atoms with Crippen LogP contribution in [0.4, 0.5) is 0 Å². The molecule has 0 aliphatic carbocycles. The maximum absolute atomic E-state index is 11.5. The highest BCUT2D eigenvalue weighted by molar-refractivity contribution is 7.99. The highest BCUT2D eigenvalue weighted by Gasteiger charge is 2.08. The van der Waals surface area contributed by atoms with Gasteiger partial charge in [0.1, 0.15) is 12.4 Å². The van der Waals surface area contributed by atoms with Crippen molar-refractivity contribution in [2.24, 2.45) is 0 Å². The Morgan fingerprint density at radius 3 is 2.68 bits per heavy atom. The van der Waals surface area contributed by atoms with Gasteiger partial charge in [0.15, 0.2) is 5.78 Å². The molecule has 5 heteroatoms. The van der Waals surface area contributed by atoms with Crippen molar-refractivity contribution in [3.63, 3.8) is 0 Å². The Labute approximate surface area is 134 Å². The molecule has 0 aliphatic heterocycles. The SMILES string of the molecule is CCC(=O)c1ccc(OCC(O)CSc2ccccn2)cc1. The zero-order valence-corrected chi connectivity index (χ0v) is 13.3. The maximum atomic E-state index is 11.5. The smallest absolute Gasteiger partial charge is 0.162 e. The van der Waals surface area contributed by atoms with E-state index >= 15 is 0 Å². The van der Waals surface area contributed by atoms with E-state index < -0.39 is 6.10 Å². The third-order valence-electron chi connectivity index (χ3n) is 3.00. The molecule has 0 amide bonds. The van der Waals surface area contributed by atoms with Crippen LogP contribution in [0, 0.1) is 0 Å². The Morgan fingerprint density at radius 2 is 2.05 bits per heavy atom. The molecular formula is C17H19NO3S. The van der Waals surface area contributed by atoms with E-state index in [1.165, 1.54) is 11.8 Å². The molecule has 1 heterocycles. The summed E-state index contributed by atoms with van der Waals surface area (Å²) in [5.74, 6) is 1.27. The van der Waals surface area contributed by atoms with Gasteiger partial charge in [-0.2, -0.15) is 0 Å². The molecule has 0 aliphatic rings. The first kappa shape index (κ1) is 16.5. The minimum atomic E-state index is -0.580. The first-order chi connectivity index (χ1) is 10.7. The van der Waals surface area contributed by atoms with Crippen LogP contribution in [-0.2, 0) is 0 Å². The minimum absolute atomic E-state index is 0.110. The lowest BCUT2D eigenvalue weighted by Crippen LogP contribution is -2.20. The van der Waals surface area contributed by atoms with Crippen molar-refractivity contribution in [1.29, 1.82) is 0 Å². The molecule has 0 fully saturated rings. The fraction of sp³-hybridized carbons (Fsp3) is 0.294. The van der Waals surface area contributed by atoms with Crippen LogP contribution >= 0.6 is 11.8 Å². The number of rotatable bonds is 8. The van der Waals surface area contributed by atoms with Crippen LogP contribution in [0.25, 0.3) is 0 Å². The van der Waals surface area contributed by atoms with Crippen molar-refractivity contribution in [2.45, 2.75) is 24.5 Å². The molecule has 0 radical (unpaired) electrons. The van der Waals surface area contributed by atoms with Gasteiger partial charge in [0.05, 0.1) is 11.1 Å². The van der Waals surface area contributed by atoms with E-state index in [4.69, 9.17) is 4.74 Å². The predicted molar refractivity (Wildman–Crippen MR) is 87.5 cm³/mol. The monoisotopic (exact) mass is 317 g/mol. The van der Waals surface area contributed by atoms with E-state index in [0.717, 1.165) is 5.03 Å². The molecule has 0 saturated heterocycles. The second-order valence-corrected chi connectivity index (χ2v) is 5.79. The molecule has 22 heavy (non-hydrogen) atoms. The molecule has 0 bridgehead atoms. The molecule has 0 spiro atoms. The van der Waals surface area contributed by atoms with Gasteiger partial charge in [-0.25, -0.2) is 4.98 Å². The summed E-state index contributed by atoms with van der Waals surface area (Å²) in [4.78, 5) is 15.7. The van der Waals surface area contributed by atoms with E-state index in [-0.39, 0.29) is 12.4 Å². The molecule has 116 valence electrons. The molecule has 4 nitrogen and oxygen atoms in total. The lowest BCUT2D eigenvalue weighted by molar-refractivity contribution is 0.0987. The Kier molecular flexibility index (Phi) is 6.43. The van der Waals surface area contributed by atoms with Crippen molar-refractivity contribution >= 4 is 17.5 Å². The number of carbonyl (C=O) groups excluding carboxylic acids is 1. The number of pyridine rings is 1. The molecular weight excluding hydrogens is 298 g/mol. The second-order valence-electron chi connectivity index (χ2n) is 4.74. The van der Waals surface area contributed by atoms with Gasteiger partial charge in [0.25, 0.3) is 0 Å². The quantitative estimate of drug-likeness (QED) is 0.598. The molecule has 2 aromatic rings. The number of carbonyl (C=O) groups is 1. The summed E-state index contributed by atoms with van der Waals surface area (Å²) in [6.07, 6.45) is 1.64. The van der Waals surface area contributed by atoms with Gasteiger partial charge in [0.2, 0.25) is 0 Å². The number of benzene rings is 1. The van der Waals surface area contributed by atoms with Crippen LogP contribution in [0.1, 0.15) is 23.7 Å². The van der Waals surface area contributed by atoms with Crippen LogP contribution in [0.2, 0.25) is 0 Å². The van der Waals surface area contributed by atoms with E-state index in [9.17, 15) is 9.90 Å². The van der Waals surface area contributed by atoms with Gasteiger partial charge in [-0.15, -0.1) is 11.8 Å². The number of aromatic nitrogens is 1. The summed E-state index contributed by atoms with van der Waals surface area (Å²) in [6, 6.07) is 12.7. The number of ketones is 1. The van der Waals surface area contributed by atoms with Crippen LogP contribution in [0.15, 0.2) is 53.7 Å². The maximum Gasteiger partial charge on any atom is 0.162 e. The third kappa shape index (κ3) is 5.16. The first-order valence-corrected chi connectivity index (χ1v) is 8.15. The normalized spacial score (nSPS) is 11.9. The number of hydrogen-bond donors (Lipinski definition) is 1. The van der Waals surface area contributed by atoms with Crippen molar-refractivity contribution in [2.75, 3.05) is 12.4 Å². The number of nitrogens with zero attached hydrogens (tertiary/aromatic N) is 1. The highest BCUT2D eigenvalue weighted by atomic mass is 32.2. The van der Waals surface area contributed by atoms with Crippen molar-refractivity contribution in [3.8, 4) is 5.75 Å². The highest BCUT2D eigenvalue weighted by Crippen LogP contribution is 2.17. The number of Topliss-reactive ketones (excluding diaryl/α,β-unsaturated/α-hetero) is 1. The molecule has 1 N–H and O–H groups in total. The summed E-state index contributed by atoms with van der Waals surface area (Å²) in [6.45, 7) is 2.04. The van der Waals surface area contributed by atoms with E-state index in [2.05, 4.69) is 4.98 Å². The lowest BCUT2D eigenvalue weighted by Gasteiger charge is -2.12. The van der Waals surface area contributed by atoms with Crippen LogP contribution in [-0.4, -0.2) is 34.3 Å². The number of ether oxygens (including phenoxy) is 1.